The lowest BCUT2D eigenvalue weighted by molar-refractivity contribution is -0.138. The molecule has 0 unspecified atom stereocenters. The molecule has 0 saturated heterocycles. The lowest BCUT2D eigenvalue weighted by Gasteiger charge is -2.26. The molecular weight excluding hydrogens is 652 g/mol. The number of halogens is 1. The standard InChI is InChI=1S/C36H29BrN2O5S/c1-3-43-35(41)31-32(25-7-5-4-6-8-25)38-36-39(33(31)26-13-19-28(42-2)20-14-26)34(40)30(45-36)21-23-11-17-29(18-12-23)44-22-24-9-15-27(37)16-10-24/h4-21,33H,3,22H2,1-2H3/b30-21-/t33-/m0/s1. The number of esters is 1. The summed E-state index contributed by atoms with van der Waals surface area (Å²) in [7, 11) is 1.59. The predicted octanol–water partition coefficient (Wildman–Crippen LogP) is 6.29. The fourth-order valence-corrected chi connectivity index (χ4v) is 6.37. The Kier molecular flexibility index (Phi) is 9.09. The molecule has 7 nitrogen and oxygen atoms in total. The van der Waals surface area contributed by atoms with Crippen molar-refractivity contribution in [1.29, 1.82) is 0 Å². The van der Waals surface area contributed by atoms with Gasteiger partial charge in [0.15, 0.2) is 4.80 Å². The first kappa shape index (κ1) is 30.3. The van der Waals surface area contributed by atoms with Gasteiger partial charge in [0, 0.05) is 10.0 Å². The molecule has 1 aromatic heterocycles. The minimum absolute atomic E-state index is 0.187. The molecule has 5 aromatic rings. The Morgan fingerprint density at radius 2 is 1.62 bits per heavy atom. The molecule has 0 N–H and O–H groups in total. The van der Waals surface area contributed by atoms with E-state index in [9.17, 15) is 9.59 Å². The van der Waals surface area contributed by atoms with E-state index in [0.717, 1.165) is 32.5 Å². The maximum absolute atomic E-state index is 14.1. The van der Waals surface area contributed by atoms with Crippen molar-refractivity contribution >= 4 is 45.0 Å². The van der Waals surface area contributed by atoms with Crippen LogP contribution in [0.4, 0.5) is 0 Å². The summed E-state index contributed by atoms with van der Waals surface area (Å²) in [6, 6.07) is 31.7. The smallest absolute Gasteiger partial charge is 0.338 e. The highest BCUT2D eigenvalue weighted by molar-refractivity contribution is 9.10. The number of hydrogen-bond acceptors (Lipinski definition) is 7. The van der Waals surface area contributed by atoms with Crippen LogP contribution in [0.3, 0.4) is 0 Å². The van der Waals surface area contributed by atoms with Gasteiger partial charge in [0.05, 0.1) is 35.6 Å². The van der Waals surface area contributed by atoms with Gasteiger partial charge in [-0.05, 0) is 66.1 Å². The average molecular weight is 682 g/mol. The van der Waals surface area contributed by atoms with Crippen LogP contribution in [0.2, 0.25) is 0 Å². The zero-order valence-electron chi connectivity index (χ0n) is 24.6. The van der Waals surface area contributed by atoms with Crippen LogP contribution in [-0.2, 0) is 16.1 Å². The maximum Gasteiger partial charge on any atom is 0.338 e. The molecule has 9 heteroatoms. The first-order chi connectivity index (χ1) is 21.9. The molecule has 1 aliphatic heterocycles. The molecule has 45 heavy (non-hydrogen) atoms. The first-order valence-electron chi connectivity index (χ1n) is 14.3. The molecule has 0 radical (unpaired) electrons. The molecule has 0 aliphatic carbocycles. The molecular formula is C36H29BrN2O5S. The summed E-state index contributed by atoms with van der Waals surface area (Å²) in [5.74, 6) is 0.872. The second kappa shape index (κ2) is 13.5. The molecule has 1 atom stereocenters. The van der Waals surface area contributed by atoms with Gasteiger partial charge in [-0.15, -0.1) is 0 Å². The van der Waals surface area contributed by atoms with Crippen molar-refractivity contribution in [2.24, 2.45) is 4.99 Å². The van der Waals surface area contributed by atoms with Crippen molar-refractivity contribution in [2.75, 3.05) is 13.7 Å². The summed E-state index contributed by atoms with van der Waals surface area (Å²) in [6.07, 6.45) is 1.84. The van der Waals surface area contributed by atoms with Crippen molar-refractivity contribution < 1.29 is 19.0 Å². The Morgan fingerprint density at radius 1 is 0.933 bits per heavy atom. The third-order valence-electron chi connectivity index (χ3n) is 7.30. The number of nitrogens with zero attached hydrogens (tertiary/aromatic N) is 2. The van der Waals surface area contributed by atoms with Crippen LogP contribution in [0.25, 0.3) is 11.8 Å². The van der Waals surface area contributed by atoms with Crippen LogP contribution in [0.1, 0.15) is 35.2 Å². The monoisotopic (exact) mass is 680 g/mol. The van der Waals surface area contributed by atoms with Crippen molar-refractivity contribution in [2.45, 2.75) is 19.6 Å². The van der Waals surface area contributed by atoms with Crippen LogP contribution in [0.5, 0.6) is 11.5 Å². The number of thiazole rings is 1. The van der Waals surface area contributed by atoms with Crippen molar-refractivity contribution in [1.82, 2.24) is 4.57 Å². The molecule has 226 valence electrons. The third kappa shape index (κ3) is 6.55. The Bertz CT molecular complexity index is 2030. The van der Waals surface area contributed by atoms with E-state index in [1.807, 2.05) is 109 Å². The maximum atomic E-state index is 14.1. The first-order valence-corrected chi connectivity index (χ1v) is 16.0. The average Bonchev–Trinajstić information content (AvgIpc) is 3.38. The van der Waals surface area contributed by atoms with Gasteiger partial charge in [-0.1, -0.05) is 94.0 Å². The predicted molar refractivity (Wildman–Crippen MR) is 179 cm³/mol. The van der Waals surface area contributed by atoms with Crippen LogP contribution in [0.15, 0.2) is 123 Å². The van der Waals surface area contributed by atoms with Gasteiger partial charge in [-0.25, -0.2) is 9.79 Å². The van der Waals surface area contributed by atoms with Gasteiger partial charge in [-0.2, -0.15) is 0 Å². The molecule has 0 amide bonds. The third-order valence-corrected chi connectivity index (χ3v) is 8.81. The summed E-state index contributed by atoms with van der Waals surface area (Å²) >= 11 is 4.73. The van der Waals surface area contributed by atoms with Crippen molar-refractivity contribution in [3.63, 3.8) is 0 Å². The number of benzene rings is 4. The number of aromatic nitrogens is 1. The fourth-order valence-electron chi connectivity index (χ4n) is 5.10. The molecule has 2 heterocycles. The number of carbonyl (C=O) groups excluding carboxylic acids is 1. The highest BCUT2D eigenvalue weighted by atomic mass is 79.9. The number of fused-ring (bicyclic) bond motifs is 1. The van der Waals surface area contributed by atoms with E-state index in [-0.39, 0.29) is 12.2 Å². The SMILES string of the molecule is CCOC(=O)C1=C(c2ccccc2)N=c2s/c(=C\c3ccc(OCc4ccc(Br)cc4)cc3)c(=O)n2[C@H]1c1ccc(OC)cc1. The fraction of sp³-hybridized carbons (Fsp3) is 0.139. The lowest BCUT2D eigenvalue weighted by atomic mass is 9.93. The number of ether oxygens (including phenoxy) is 3. The Hall–Kier alpha value is -4.73. The van der Waals surface area contributed by atoms with E-state index in [0.29, 0.717) is 33.0 Å². The van der Waals surface area contributed by atoms with E-state index < -0.39 is 12.0 Å². The summed E-state index contributed by atoms with van der Waals surface area (Å²) in [4.78, 5) is 33.1. The van der Waals surface area contributed by atoms with Gasteiger partial charge in [0.25, 0.3) is 5.56 Å². The largest absolute Gasteiger partial charge is 0.497 e. The quantitative estimate of drug-likeness (QED) is 0.171. The highest BCUT2D eigenvalue weighted by Gasteiger charge is 2.35. The number of carbonyl (C=O) groups is 1. The van der Waals surface area contributed by atoms with Gasteiger partial charge >= 0.3 is 5.97 Å². The minimum Gasteiger partial charge on any atom is -0.497 e. The van der Waals surface area contributed by atoms with Gasteiger partial charge < -0.3 is 14.2 Å². The topological polar surface area (TPSA) is 79.1 Å². The summed E-state index contributed by atoms with van der Waals surface area (Å²) < 4.78 is 20.0. The van der Waals surface area contributed by atoms with Crippen LogP contribution in [-0.4, -0.2) is 24.3 Å². The van der Waals surface area contributed by atoms with Crippen LogP contribution in [0, 0.1) is 0 Å². The van der Waals surface area contributed by atoms with Crippen molar-refractivity contribution in [3.8, 4) is 11.5 Å². The van der Waals surface area contributed by atoms with Gasteiger partial charge in [-0.3, -0.25) is 9.36 Å². The second-order valence-corrected chi connectivity index (χ2v) is 12.1. The number of methoxy groups -OCH3 is 1. The minimum atomic E-state index is -0.752. The molecule has 0 saturated carbocycles. The molecule has 1 aliphatic rings. The summed E-state index contributed by atoms with van der Waals surface area (Å²) in [5.41, 5.74) is 3.94. The Morgan fingerprint density at radius 3 is 2.29 bits per heavy atom. The van der Waals surface area contributed by atoms with E-state index in [1.165, 1.54) is 11.3 Å². The van der Waals surface area contributed by atoms with E-state index in [2.05, 4.69) is 15.9 Å². The number of rotatable bonds is 9. The Labute approximate surface area is 272 Å². The van der Waals surface area contributed by atoms with Crippen molar-refractivity contribution in [3.05, 3.63) is 155 Å². The normalized spacial score (nSPS) is 14.5. The second-order valence-electron chi connectivity index (χ2n) is 10.2. The van der Waals surface area contributed by atoms with Crippen LogP contribution >= 0.6 is 27.3 Å². The summed E-state index contributed by atoms with van der Waals surface area (Å²) in [5, 5.41) is 0. The molecule has 4 aromatic carbocycles. The summed E-state index contributed by atoms with van der Waals surface area (Å²) in [6.45, 7) is 2.39. The van der Waals surface area contributed by atoms with E-state index in [4.69, 9.17) is 19.2 Å². The van der Waals surface area contributed by atoms with Gasteiger partial charge in [0.1, 0.15) is 18.1 Å². The van der Waals surface area contributed by atoms with E-state index >= 15 is 0 Å². The highest BCUT2D eigenvalue weighted by Crippen LogP contribution is 2.35. The van der Waals surface area contributed by atoms with Gasteiger partial charge in [0.2, 0.25) is 0 Å². The zero-order chi connectivity index (χ0) is 31.3. The zero-order valence-corrected chi connectivity index (χ0v) is 27.0. The lowest BCUT2D eigenvalue weighted by Crippen LogP contribution is -2.40. The molecule has 0 bridgehead atoms. The Balaban J connectivity index is 1.43. The number of hydrogen-bond donors (Lipinski definition) is 0. The molecule has 6 rings (SSSR count). The van der Waals surface area contributed by atoms with Crippen LogP contribution < -0.4 is 24.4 Å². The molecule has 0 spiro atoms. The van der Waals surface area contributed by atoms with E-state index in [1.54, 1.807) is 18.6 Å². The molecule has 0 fully saturated rings.